The third-order valence-electron chi connectivity index (χ3n) is 6.50. The third kappa shape index (κ3) is 5.13. The lowest BCUT2D eigenvalue weighted by Gasteiger charge is -2.26. The molecule has 1 aliphatic rings. The van der Waals surface area contributed by atoms with Crippen LogP contribution in [-0.4, -0.2) is 56.7 Å². The molecule has 0 spiro atoms. The number of Topliss-reactive ketones (excluding diaryl/α,β-unsaturated/α-hetero) is 1. The third-order valence-corrected chi connectivity index (χ3v) is 6.80. The predicted molar refractivity (Wildman–Crippen MR) is 143 cm³/mol. The topological polar surface area (TPSA) is 94.5 Å². The summed E-state index contributed by atoms with van der Waals surface area (Å²) in [6.07, 6.45) is 0.488. The number of amides is 1. The number of hydrogen-bond acceptors (Lipinski definition) is 7. The smallest absolute Gasteiger partial charge is 0.295 e. The van der Waals surface area contributed by atoms with Crippen molar-refractivity contribution in [1.29, 1.82) is 0 Å². The highest BCUT2D eigenvalue weighted by Crippen LogP contribution is 2.43. The molecule has 3 aromatic rings. The maximum Gasteiger partial charge on any atom is 0.295 e. The highest BCUT2D eigenvalue weighted by molar-refractivity contribution is 6.46. The van der Waals surface area contributed by atoms with Gasteiger partial charge in [0.25, 0.3) is 11.7 Å². The van der Waals surface area contributed by atoms with Gasteiger partial charge in [0.15, 0.2) is 0 Å². The van der Waals surface area contributed by atoms with Crippen molar-refractivity contribution in [3.8, 4) is 23.0 Å². The van der Waals surface area contributed by atoms with Crippen LogP contribution in [0, 0.1) is 0 Å². The minimum atomic E-state index is -0.842. The van der Waals surface area contributed by atoms with Crippen LogP contribution in [0.5, 0.6) is 23.0 Å². The van der Waals surface area contributed by atoms with Crippen molar-refractivity contribution >= 4 is 29.1 Å². The zero-order valence-electron chi connectivity index (χ0n) is 21.5. The number of likely N-dealkylation sites (tertiary alicyclic amines) is 1. The van der Waals surface area contributed by atoms with E-state index < -0.39 is 17.7 Å². The van der Waals surface area contributed by atoms with Gasteiger partial charge >= 0.3 is 0 Å². The molecule has 1 aliphatic heterocycles. The van der Waals surface area contributed by atoms with E-state index in [2.05, 4.69) is 0 Å². The molecular formula is C29H28ClNO7. The van der Waals surface area contributed by atoms with Crippen LogP contribution < -0.4 is 18.9 Å². The number of hydrogen-bond donors (Lipinski definition) is 1. The Bertz CT molecular complexity index is 1370. The largest absolute Gasteiger partial charge is 0.507 e. The van der Waals surface area contributed by atoms with E-state index in [4.69, 9.17) is 30.5 Å². The van der Waals surface area contributed by atoms with Crippen LogP contribution in [0.2, 0.25) is 5.02 Å². The molecule has 9 heteroatoms. The summed E-state index contributed by atoms with van der Waals surface area (Å²) in [5.41, 5.74) is 1.73. The lowest BCUT2D eigenvalue weighted by molar-refractivity contribution is -0.139. The minimum absolute atomic E-state index is 0.0578. The standard InChI is InChI=1S/C29H28ClNO7/c1-35-19-9-5-17(6-10-19)13-14-31-26(18-7-11-20(36-2)12-8-18)25(28(33)29(31)34)27(32)21-15-24(38-4)22(30)16-23(21)37-3/h5-12,15-16,26,32H,13-14H2,1-4H3/b27-25+. The van der Waals surface area contributed by atoms with Crippen molar-refractivity contribution in [3.63, 3.8) is 0 Å². The van der Waals surface area contributed by atoms with Crippen molar-refractivity contribution in [2.75, 3.05) is 35.0 Å². The minimum Gasteiger partial charge on any atom is -0.507 e. The molecule has 0 aromatic heterocycles. The van der Waals surface area contributed by atoms with Crippen molar-refractivity contribution in [2.24, 2.45) is 0 Å². The average Bonchev–Trinajstić information content (AvgIpc) is 3.20. The zero-order chi connectivity index (χ0) is 27.4. The Kier molecular flexibility index (Phi) is 8.12. The number of rotatable bonds is 9. The van der Waals surface area contributed by atoms with Crippen LogP contribution in [-0.2, 0) is 16.0 Å². The molecule has 1 unspecified atom stereocenters. The summed E-state index contributed by atoms with van der Waals surface area (Å²) in [5, 5.41) is 11.8. The molecular weight excluding hydrogens is 510 g/mol. The van der Waals surface area contributed by atoms with E-state index in [0.717, 1.165) is 11.3 Å². The Morgan fingerprint density at radius 3 is 1.97 bits per heavy atom. The van der Waals surface area contributed by atoms with Gasteiger partial charge < -0.3 is 29.0 Å². The molecule has 1 atom stereocenters. The number of ketones is 1. The Morgan fingerprint density at radius 1 is 0.842 bits per heavy atom. The number of carbonyl (C=O) groups excluding carboxylic acids is 2. The molecule has 1 amide bonds. The molecule has 0 saturated carbocycles. The maximum atomic E-state index is 13.4. The summed E-state index contributed by atoms with van der Waals surface area (Å²) in [4.78, 5) is 28.2. The van der Waals surface area contributed by atoms with Gasteiger partial charge in [0, 0.05) is 12.6 Å². The second-order valence-corrected chi connectivity index (χ2v) is 8.96. The SMILES string of the molecule is COc1ccc(CCN2C(=O)C(=O)/C(=C(/O)c3cc(OC)c(Cl)cc3OC)C2c2ccc(OC)cc2)cc1. The first kappa shape index (κ1) is 26.9. The summed E-state index contributed by atoms with van der Waals surface area (Å²) in [7, 11) is 6.00. The molecule has 3 aromatic carbocycles. The number of benzene rings is 3. The first-order valence-electron chi connectivity index (χ1n) is 11.8. The zero-order valence-corrected chi connectivity index (χ0v) is 22.2. The Morgan fingerprint density at radius 2 is 1.42 bits per heavy atom. The summed E-state index contributed by atoms with van der Waals surface area (Å²) < 4.78 is 21.2. The van der Waals surface area contributed by atoms with Crippen molar-refractivity contribution in [1.82, 2.24) is 4.90 Å². The molecule has 0 bridgehead atoms. The number of aliphatic hydroxyl groups excluding tert-OH is 1. The molecule has 0 aliphatic carbocycles. The van der Waals surface area contributed by atoms with E-state index in [1.54, 1.807) is 38.5 Å². The summed E-state index contributed by atoms with van der Waals surface area (Å²) in [6, 6.07) is 16.6. The average molecular weight is 538 g/mol. The number of ether oxygens (including phenoxy) is 4. The maximum absolute atomic E-state index is 13.4. The van der Waals surface area contributed by atoms with Crippen LogP contribution in [0.15, 0.2) is 66.2 Å². The fraction of sp³-hybridized carbons (Fsp3) is 0.241. The fourth-order valence-corrected chi connectivity index (χ4v) is 4.71. The number of halogens is 1. The van der Waals surface area contributed by atoms with Gasteiger partial charge in [0.1, 0.15) is 28.8 Å². The van der Waals surface area contributed by atoms with E-state index in [1.807, 2.05) is 24.3 Å². The molecule has 0 radical (unpaired) electrons. The van der Waals surface area contributed by atoms with Gasteiger partial charge in [-0.1, -0.05) is 35.9 Å². The predicted octanol–water partition coefficient (Wildman–Crippen LogP) is 5.04. The molecule has 198 valence electrons. The number of aliphatic hydroxyl groups is 1. The lowest BCUT2D eigenvalue weighted by Crippen LogP contribution is -2.31. The highest BCUT2D eigenvalue weighted by Gasteiger charge is 2.46. The highest BCUT2D eigenvalue weighted by atomic mass is 35.5. The summed E-state index contributed by atoms with van der Waals surface area (Å²) >= 11 is 6.24. The van der Waals surface area contributed by atoms with Crippen LogP contribution in [0.25, 0.3) is 5.76 Å². The van der Waals surface area contributed by atoms with Crippen molar-refractivity contribution in [3.05, 3.63) is 87.9 Å². The molecule has 1 N–H and O–H groups in total. The molecule has 4 rings (SSSR count). The first-order chi connectivity index (χ1) is 18.3. The van der Waals surface area contributed by atoms with Crippen LogP contribution >= 0.6 is 11.6 Å². The van der Waals surface area contributed by atoms with Gasteiger partial charge in [0.2, 0.25) is 0 Å². The van der Waals surface area contributed by atoms with Gasteiger partial charge in [-0.15, -0.1) is 0 Å². The van der Waals surface area contributed by atoms with Gasteiger partial charge in [-0.2, -0.15) is 0 Å². The molecule has 8 nitrogen and oxygen atoms in total. The van der Waals surface area contributed by atoms with E-state index in [9.17, 15) is 14.7 Å². The van der Waals surface area contributed by atoms with Crippen LogP contribution in [0.3, 0.4) is 0 Å². The van der Waals surface area contributed by atoms with Gasteiger partial charge in [0.05, 0.1) is 50.6 Å². The van der Waals surface area contributed by atoms with E-state index in [-0.39, 0.29) is 40.0 Å². The first-order valence-corrected chi connectivity index (χ1v) is 12.2. The van der Waals surface area contributed by atoms with E-state index in [1.165, 1.54) is 31.3 Å². The number of nitrogens with zero attached hydrogens (tertiary/aromatic N) is 1. The second kappa shape index (κ2) is 11.5. The van der Waals surface area contributed by atoms with Crippen LogP contribution in [0.1, 0.15) is 22.7 Å². The summed E-state index contributed by atoms with van der Waals surface area (Å²) in [5.74, 6) is -0.0412. The number of carbonyl (C=O) groups is 2. The lowest BCUT2D eigenvalue weighted by atomic mass is 9.94. The molecule has 1 fully saturated rings. The molecule has 1 saturated heterocycles. The normalized spacial score (nSPS) is 16.4. The van der Waals surface area contributed by atoms with Crippen molar-refractivity contribution < 1.29 is 33.6 Å². The second-order valence-electron chi connectivity index (χ2n) is 8.55. The summed E-state index contributed by atoms with van der Waals surface area (Å²) in [6.45, 7) is 0.242. The van der Waals surface area contributed by atoms with Crippen LogP contribution in [0.4, 0.5) is 0 Å². The quantitative estimate of drug-likeness (QED) is 0.232. The van der Waals surface area contributed by atoms with E-state index >= 15 is 0 Å². The Hall–Kier alpha value is -4.17. The van der Waals surface area contributed by atoms with Gasteiger partial charge in [-0.05, 0) is 47.9 Å². The molecule has 38 heavy (non-hydrogen) atoms. The monoisotopic (exact) mass is 537 g/mol. The van der Waals surface area contributed by atoms with E-state index in [0.29, 0.717) is 17.7 Å². The Balaban J connectivity index is 1.82. The Labute approximate surface area is 225 Å². The molecule has 1 heterocycles. The van der Waals surface area contributed by atoms with Gasteiger partial charge in [-0.3, -0.25) is 9.59 Å². The van der Waals surface area contributed by atoms with Crippen molar-refractivity contribution in [2.45, 2.75) is 12.5 Å². The number of methoxy groups -OCH3 is 4. The van der Waals surface area contributed by atoms with Gasteiger partial charge in [-0.25, -0.2) is 0 Å². The fourth-order valence-electron chi connectivity index (χ4n) is 4.48.